The van der Waals surface area contributed by atoms with E-state index in [0.717, 1.165) is 13.1 Å². The van der Waals surface area contributed by atoms with Crippen molar-refractivity contribution >= 4 is 43.2 Å². The van der Waals surface area contributed by atoms with E-state index in [4.69, 9.17) is 0 Å². The lowest BCUT2D eigenvalue weighted by Gasteiger charge is -2.32. The Morgan fingerprint density at radius 1 is 1.19 bits per heavy atom. The lowest BCUT2D eigenvalue weighted by Crippen LogP contribution is -2.52. The molecule has 21 heavy (non-hydrogen) atoms. The van der Waals surface area contributed by atoms with Crippen LogP contribution in [0.5, 0.6) is 0 Å². The zero-order chi connectivity index (χ0) is 13.0. The van der Waals surface area contributed by atoms with Gasteiger partial charge in [-0.2, -0.15) is 0 Å². The van der Waals surface area contributed by atoms with Gasteiger partial charge in [-0.1, -0.05) is 30.3 Å². The van der Waals surface area contributed by atoms with Crippen molar-refractivity contribution < 1.29 is 15.0 Å². The van der Waals surface area contributed by atoms with E-state index >= 15 is 0 Å². The number of hydrogen-bond acceptors (Lipinski definition) is 4. The summed E-state index contributed by atoms with van der Waals surface area (Å²) in [4.78, 5) is 11.4. The van der Waals surface area contributed by atoms with E-state index in [0.29, 0.717) is 12.1 Å². The summed E-state index contributed by atoms with van der Waals surface area (Å²) < 4.78 is 0. The highest BCUT2D eigenvalue weighted by atomic mass is 35.5. The third-order valence-electron chi connectivity index (χ3n) is 3.27. The molecule has 2 unspecified atom stereocenters. The van der Waals surface area contributed by atoms with Gasteiger partial charge in [0.15, 0.2) is 5.60 Å². The van der Waals surface area contributed by atoms with Gasteiger partial charge in [0.05, 0.1) is 0 Å². The number of halogens is 3. The fourth-order valence-corrected chi connectivity index (χ4v) is 2.26. The van der Waals surface area contributed by atoms with E-state index in [1.54, 1.807) is 30.3 Å². The molecule has 1 fully saturated rings. The molecule has 0 aliphatic carbocycles. The minimum Gasteiger partial charge on any atom is -0.479 e. The summed E-state index contributed by atoms with van der Waals surface area (Å²) in [7, 11) is 0. The Bertz CT molecular complexity index is 416. The second-order valence-electron chi connectivity index (χ2n) is 4.59. The predicted molar refractivity (Wildman–Crippen MR) is 89.0 cm³/mol. The van der Waals surface area contributed by atoms with Crippen molar-refractivity contribution in [2.45, 2.75) is 18.1 Å². The van der Waals surface area contributed by atoms with Gasteiger partial charge < -0.3 is 20.8 Å². The molecule has 1 aromatic rings. The second kappa shape index (κ2) is 10.2. The fourth-order valence-electron chi connectivity index (χ4n) is 2.26. The van der Waals surface area contributed by atoms with Gasteiger partial charge in [-0.05, 0) is 5.56 Å². The van der Waals surface area contributed by atoms with Crippen molar-refractivity contribution in [2.24, 2.45) is 0 Å². The Balaban J connectivity index is 0. The van der Waals surface area contributed by atoms with Crippen LogP contribution in [0.1, 0.15) is 12.0 Å². The van der Waals surface area contributed by atoms with Crippen molar-refractivity contribution in [3.05, 3.63) is 35.9 Å². The first-order valence-corrected chi connectivity index (χ1v) is 6.08. The van der Waals surface area contributed by atoms with Crippen molar-refractivity contribution in [1.82, 2.24) is 10.6 Å². The molecule has 4 N–H and O–H groups in total. The van der Waals surface area contributed by atoms with E-state index in [2.05, 4.69) is 10.6 Å². The number of carbonyl (C=O) groups is 1. The molecule has 0 saturated carbocycles. The number of carboxylic acids is 1. The molecule has 0 radical (unpaired) electrons. The molecule has 0 spiro atoms. The number of piperazine rings is 1. The molecule has 1 saturated heterocycles. The zero-order valence-corrected chi connectivity index (χ0v) is 13.8. The Morgan fingerprint density at radius 3 is 2.29 bits per heavy atom. The zero-order valence-electron chi connectivity index (χ0n) is 11.3. The van der Waals surface area contributed by atoms with Crippen LogP contribution in [0, 0.1) is 0 Å². The molecule has 5 nitrogen and oxygen atoms in total. The molecular formula is C13H21Cl3N2O3. The molecule has 1 heterocycles. The van der Waals surface area contributed by atoms with Crippen LogP contribution in [-0.2, 0) is 10.4 Å². The molecule has 0 aromatic heterocycles. The predicted octanol–water partition coefficient (Wildman–Crippen LogP) is 1.18. The van der Waals surface area contributed by atoms with Crippen LogP contribution in [0.15, 0.2) is 30.3 Å². The fraction of sp³-hybridized carbons (Fsp3) is 0.462. The van der Waals surface area contributed by atoms with Crippen molar-refractivity contribution in [3.63, 3.8) is 0 Å². The Labute approximate surface area is 142 Å². The molecule has 0 amide bonds. The van der Waals surface area contributed by atoms with Gasteiger partial charge in [0.1, 0.15) is 0 Å². The molecule has 1 aliphatic heterocycles. The summed E-state index contributed by atoms with van der Waals surface area (Å²) in [5.74, 6) is -1.21. The monoisotopic (exact) mass is 358 g/mol. The smallest absolute Gasteiger partial charge is 0.340 e. The summed E-state index contributed by atoms with van der Waals surface area (Å²) in [5.41, 5.74) is -1.41. The standard InChI is InChI=1S/C13H18N2O3.3ClH/c16-12(17)13(18,10-4-2-1-3-5-10)8-11-9-14-6-7-15-11;;;/h1-5,11,14-15,18H,6-9H2,(H,16,17);3*1H. The number of rotatable bonds is 4. The highest BCUT2D eigenvalue weighted by molar-refractivity contribution is 5.86. The first-order valence-electron chi connectivity index (χ1n) is 6.08. The summed E-state index contributed by atoms with van der Waals surface area (Å²) in [6, 6.07) is 8.51. The van der Waals surface area contributed by atoms with Crippen molar-refractivity contribution in [2.75, 3.05) is 19.6 Å². The summed E-state index contributed by atoms with van der Waals surface area (Å²) in [6.07, 6.45) is 0.152. The maximum absolute atomic E-state index is 11.4. The minimum atomic E-state index is -1.84. The topological polar surface area (TPSA) is 81.6 Å². The van der Waals surface area contributed by atoms with E-state index < -0.39 is 11.6 Å². The lowest BCUT2D eigenvalue weighted by atomic mass is 9.87. The molecule has 2 rings (SSSR count). The van der Waals surface area contributed by atoms with Gasteiger partial charge in [0.2, 0.25) is 0 Å². The molecule has 2 atom stereocenters. The molecule has 0 bridgehead atoms. The Morgan fingerprint density at radius 2 is 1.81 bits per heavy atom. The van der Waals surface area contributed by atoms with E-state index in [-0.39, 0.29) is 49.7 Å². The molecule has 1 aliphatic rings. The first-order chi connectivity index (χ1) is 8.63. The van der Waals surface area contributed by atoms with Crippen LogP contribution in [0.4, 0.5) is 0 Å². The van der Waals surface area contributed by atoms with Gasteiger partial charge in [0.25, 0.3) is 0 Å². The minimum absolute atomic E-state index is 0. The molecule has 8 heteroatoms. The van der Waals surface area contributed by atoms with E-state index in [9.17, 15) is 15.0 Å². The van der Waals surface area contributed by atoms with Crippen LogP contribution in [0.2, 0.25) is 0 Å². The number of aliphatic hydroxyl groups is 1. The largest absolute Gasteiger partial charge is 0.479 e. The van der Waals surface area contributed by atoms with Gasteiger partial charge in [-0.25, -0.2) is 4.79 Å². The van der Waals surface area contributed by atoms with Gasteiger partial charge in [-0.3, -0.25) is 0 Å². The SMILES string of the molecule is Cl.Cl.Cl.O=C(O)C(O)(CC1CNCCN1)c1ccccc1. The summed E-state index contributed by atoms with van der Waals surface area (Å²) in [6.45, 7) is 2.32. The maximum atomic E-state index is 11.4. The van der Waals surface area contributed by atoms with E-state index in [1.165, 1.54) is 0 Å². The quantitative estimate of drug-likeness (QED) is 0.649. The molecule has 122 valence electrons. The van der Waals surface area contributed by atoms with E-state index in [1.807, 2.05) is 0 Å². The lowest BCUT2D eigenvalue weighted by molar-refractivity contribution is -0.161. The number of carboxylic acid groups (broad SMARTS) is 1. The third-order valence-corrected chi connectivity index (χ3v) is 3.27. The maximum Gasteiger partial charge on any atom is 0.340 e. The van der Waals surface area contributed by atoms with Crippen LogP contribution < -0.4 is 10.6 Å². The average molecular weight is 360 g/mol. The van der Waals surface area contributed by atoms with Gasteiger partial charge in [0, 0.05) is 32.1 Å². The highest BCUT2D eigenvalue weighted by Crippen LogP contribution is 2.27. The van der Waals surface area contributed by atoms with Gasteiger partial charge in [-0.15, -0.1) is 37.2 Å². The van der Waals surface area contributed by atoms with Crippen molar-refractivity contribution in [1.29, 1.82) is 0 Å². The molecular weight excluding hydrogens is 339 g/mol. The summed E-state index contributed by atoms with van der Waals surface area (Å²) in [5, 5.41) is 26.2. The Hall–Kier alpha value is -0.560. The average Bonchev–Trinajstić information content (AvgIpc) is 2.40. The second-order valence-corrected chi connectivity index (χ2v) is 4.59. The Kier molecular flexibility index (Phi) is 11.0. The highest BCUT2D eigenvalue weighted by Gasteiger charge is 2.40. The normalized spacial score (nSPS) is 20.0. The number of benzene rings is 1. The number of aliphatic carboxylic acids is 1. The van der Waals surface area contributed by atoms with Crippen LogP contribution in [0.25, 0.3) is 0 Å². The number of hydrogen-bond donors (Lipinski definition) is 4. The van der Waals surface area contributed by atoms with Gasteiger partial charge >= 0.3 is 5.97 Å². The van der Waals surface area contributed by atoms with Crippen LogP contribution in [-0.4, -0.2) is 41.9 Å². The van der Waals surface area contributed by atoms with Crippen molar-refractivity contribution in [3.8, 4) is 0 Å². The van der Waals surface area contributed by atoms with Crippen LogP contribution in [0.3, 0.4) is 0 Å². The number of nitrogens with one attached hydrogen (secondary N) is 2. The van der Waals surface area contributed by atoms with Crippen LogP contribution >= 0.6 is 37.2 Å². The molecule has 1 aromatic carbocycles. The first kappa shape index (κ1) is 22.7. The third kappa shape index (κ3) is 5.62. The summed E-state index contributed by atoms with van der Waals surface area (Å²) >= 11 is 0.